The van der Waals surface area contributed by atoms with Crippen LogP contribution in [-0.4, -0.2) is 34.8 Å². The molecule has 1 aromatic rings. The molecular weight excluding hydrogens is 304 g/mol. The first-order valence-electron chi connectivity index (χ1n) is 7.15. The maximum atomic E-state index is 12.3. The third-order valence-electron chi connectivity index (χ3n) is 3.46. The van der Waals surface area contributed by atoms with Crippen LogP contribution in [0.2, 0.25) is 5.02 Å². The molecule has 0 aromatic heterocycles. The van der Waals surface area contributed by atoms with E-state index in [1.54, 1.807) is 0 Å². The van der Waals surface area contributed by atoms with Crippen LogP contribution in [0.5, 0.6) is 0 Å². The van der Waals surface area contributed by atoms with E-state index in [2.05, 4.69) is 5.10 Å². The van der Waals surface area contributed by atoms with Gasteiger partial charge in [0.05, 0.1) is 6.42 Å². The molecule has 0 aliphatic heterocycles. The van der Waals surface area contributed by atoms with Crippen LogP contribution >= 0.6 is 11.6 Å². The summed E-state index contributed by atoms with van der Waals surface area (Å²) < 4.78 is 0. The molecule has 0 heterocycles. The lowest BCUT2D eigenvalue weighted by atomic mass is 9.95. The van der Waals surface area contributed by atoms with Gasteiger partial charge in [-0.2, -0.15) is 5.10 Å². The number of carbonyl (C=O) groups is 2. The molecular formula is C16H21ClN2O3. The zero-order valence-corrected chi connectivity index (χ0v) is 14.1. The predicted molar refractivity (Wildman–Crippen MR) is 87.4 cm³/mol. The Morgan fingerprint density at radius 2 is 1.73 bits per heavy atom. The van der Waals surface area contributed by atoms with Gasteiger partial charge in [0.1, 0.15) is 5.71 Å². The fourth-order valence-corrected chi connectivity index (χ4v) is 2.47. The van der Waals surface area contributed by atoms with Crippen molar-refractivity contribution in [3.63, 3.8) is 0 Å². The van der Waals surface area contributed by atoms with Crippen LogP contribution in [-0.2, 0) is 28.9 Å². The molecule has 0 atom stereocenters. The number of aryl methyl sites for hydroxylation is 2. The number of rotatable bonds is 6. The molecule has 0 bridgehead atoms. The number of amides is 1. The molecule has 0 spiro atoms. The van der Waals surface area contributed by atoms with Crippen LogP contribution in [0.1, 0.15) is 37.5 Å². The summed E-state index contributed by atoms with van der Waals surface area (Å²) >= 11 is 6.10. The number of nitrogens with zero attached hydrogens (tertiary/aromatic N) is 2. The molecule has 0 radical (unpaired) electrons. The topological polar surface area (TPSA) is 70.0 Å². The van der Waals surface area contributed by atoms with E-state index in [0.717, 1.165) is 34.5 Å². The smallest absolute Gasteiger partial charge is 0.351 e. The number of hydrogen-bond acceptors (Lipinski definition) is 3. The summed E-state index contributed by atoms with van der Waals surface area (Å²) in [6.07, 6.45) is 1.73. The molecule has 0 saturated carbocycles. The Morgan fingerprint density at radius 3 is 2.14 bits per heavy atom. The van der Waals surface area contributed by atoms with Crippen molar-refractivity contribution in [3.05, 3.63) is 33.8 Å². The minimum Gasteiger partial charge on any atom is -0.477 e. The number of hydrogen-bond donors (Lipinski definition) is 1. The van der Waals surface area contributed by atoms with Crippen molar-refractivity contribution in [2.75, 3.05) is 7.05 Å². The van der Waals surface area contributed by atoms with Gasteiger partial charge >= 0.3 is 5.97 Å². The first kappa shape index (κ1) is 18.2. The number of likely N-dealkylation sites (N-methyl/N-ethyl adjacent to an activating group) is 1. The molecule has 0 aliphatic carbocycles. The summed E-state index contributed by atoms with van der Waals surface area (Å²) in [6, 6.07) is 3.74. The third-order valence-corrected chi connectivity index (χ3v) is 3.68. The first-order valence-corrected chi connectivity index (χ1v) is 7.53. The van der Waals surface area contributed by atoms with Gasteiger partial charge in [-0.05, 0) is 48.6 Å². The summed E-state index contributed by atoms with van der Waals surface area (Å²) in [5, 5.41) is 14.3. The molecule has 0 unspecified atom stereocenters. The quantitative estimate of drug-likeness (QED) is 0.646. The van der Waals surface area contributed by atoms with E-state index in [0.29, 0.717) is 5.02 Å². The molecule has 5 nitrogen and oxygen atoms in total. The Balaban J connectivity index is 3.06. The summed E-state index contributed by atoms with van der Waals surface area (Å²) in [7, 11) is 1.46. The fourth-order valence-electron chi connectivity index (χ4n) is 2.20. The van der Waals surface area contributed by atoms with Gasteiger partial charge in [0.15, 0.2) is 0 Å². The van der Waals surface area contributed by atoms with Gasteiger partial charge in [0.2, 0.25) is 5.91 Å². The van der Waals surface area contributed by atoms with E-state index in [1.165, 1.54) is 14.0 Å². The maximum Gasteiger partial charge on any atom is 0.351 e. The number of benzene rings is 1. The molecule has 1 rings (SSSR count). The van der Waals surface area contributed by atoms with Crippen LogP contribution < -0.4 is 0 Å². The molecule has 0 aliphatic rings. The van der Waals surface area contributed by atoms with Crippen LogP contribution in [0.3, 0.4) is 0 Å². The Kier molecular flexibility index (Phi) is 6.56. The second-order valence-corrected chi connectivity index (χ2v) is 5.43. The Labute approximate surface area is 135 Å². The molecule has 1 amide bonds. The molecule has 0 saturated heterocycles. The summed E-state index contributed by atoms with van der Waals surface area (Å²) in [6.45, 7) is 5.37. The third kappa shape index (κ3) is 4.56. The van der Waals surface area contributed by atoms with Crippen molar-refractivity contribution in [1.82, 2.24) is 5.01 Å². The van der Waals surface area contributed by atoms with Gasteiger partial charge in [-0.15, -0.1) is 0 Å². The highest BCUT2D eigenvalue weighted by Crippen LogP contribution is 2.23. The SMILES string of the molecule is CCc1cc(Cl)cc(CC)c1CC(=O)N(C)N=C(C)C(=O)O. The number of hydrazone groups is 1. The molecule has 0 fully saturated rings. The Hall–Kier alpha value is -1.88. The molecule has 22 heavy (non-hydrogen) atoms. The van der Waals surface area contributed by atoms with Crippen LogP contribution in [0.4, 0.5) is 0 Å². The minimum atomic E-state index is -1.14. The van der Waals surface area contributed by atoms with Gasteiger partial charge in [0, 0.05) is 12.1 Å². The minimum absolute atomic E-state index is 0.126. The van der Waals surface area contributed by atoms with Crippen LogP contribution in [0.25, 0.3) is 0 Å². The lowest BCUT2D eigenvalue weighted by Gasteiger charge is -2.17. The van der Waals surface area contributed by atoms with Gasteiger partial charge in [-0.3, -0.25) is 4.79 Å². The Bertz CT molecular complexity index is 586. The van der Waals surface area contributed by atoms with Crippen LogP contribution in [0.15, 0.2) is 17.2 Å². The number of aliphatic carboxylic acids is 1. The number of carbonyl (C=O) groups excluding carboxylic acids is 1. The van der Waals surface area contributed by atoms with E-state index >= 15 is 0 Å². The largest absolute Gasteiger partial charge is 0.477 e. The highest BCUT2D eigenvalue weighted by atomic mass is 35.5. The molecule has 1 aromatic carbocycles. The molecule has 1 N–H and O–H groups in total. The number of carboxylic acid groups (broad SMARTS) is 1. The van der Waals surface area contributed by atoms with Crippen molar-refractivity contribution in [3.8, 4) is 0 Å². The van der Waals surface area contributed by atoms with E-state index in [1.807, 2.05) is 26.0 Å². The monoisotopic (exact) mass is 324 g/mol. The van der Waals surface area contributed by atoms with E-state index in [4.69, 9.17) is 16.7 Å². The van der Waals surface area contributed by atoms with Gasteiger partial charge in [0.25, 0.3) is 0 Å². The number of halogens is 1. The second-order valence-electron chi connectivity index (χ2n) is 4.99. The van der Waals surface area contributed by atoms with E-state index in [-0.39, 0.29) is 18.0 Å². The van der Waals surface area contributed by atoms with E-state index < -0.39 is 5.97 Å². The standard InChI is InChI=1S/C16H21ClN2O3/c1-5-11-7-13(17)8-12(6-2)14(11)9-15(20)19(4)18-10(3)16(21)22/h7-8H,5-6,9H2,1-4H3,(H,21,22). The Morgan fingerprint density at radius 1 is 1.23 bits per heavy atom. The average Bonchev–Trinajstić information content (AvgIpc) is 2.47. The zero-order valence-electron chi connectivity index (χ0n) is 13.3. The average molecular weight is 325 g/mol. The predicted octanol–water partition coefficient (Wildman–Crippen LogP) is 2.93. The van der Waals surface area contributed by atoms with Crippen molar-refractivity contribution in [2.45, 2.75) is 40.0 Å². The maximum absolute atomic E-state index is 12.3. The van der Waals surface area contributed by atoms with Crippen molar-refractivity contribution in [1.29, 1.82) is 0 Å². The molecule has 6 heteroatoms. The van der Waals surface area contributed by atoms with Gasteiger partial charge < -0.3 is 5.11 Å². The normalized spacial score (nSPS) is 11.4. The van der Waals surface area contributed by atoms with Crippen LogP contribution in [0, 0.1) is 0 Å². The van der Waals surface area contributed by atoms with Crippen molar-refractivity contribution >= 4 is 29.2 Å². The second kappa shape index (κ2) is 7.94. The fraction of sp³-hybridized carbons (Fsp3) is 0.438. The lowest BCUT2D eigenvalue weighted by molar-refractivity contribution is -0.130. The van der Waals surface area contributed by atoms with Crippen molar-refractivity contribution in [2.24, 2.45) is 5.10 Å². The zero-order chi connectivity index (χ0) is 16.9. The highest BCUT2D eigenvalue weighted by molar-refractivity contribution is 6.34. The van der Waals surface area contributed by atoms with Gasteiger partial charge in [-0.1, -0.05) is 25.4 Å². The van der Waals surface area contributed by atoms with Crippen molar-refractivity contribution < 1.29 is 14.7 Å². The van der Waals surface area contributed by atoms with E-state index in [9.17, 15) is 9.59 Å². The summed E-state index contributed by atoms with van der Waals surface area (Å²) in [5.41, 5.74) is 2.89. The molecule has 120 valence electrons. The summed E-state index contributed by atoms with van der Waals surface area (Å²) in [5.74, 6) is -1.40. The first-order chi connectivity index (χ1) is 10.3. The van der Waals surface area contributed by atoms with Gasteiger partial charge in [-0.25, -0.2) is 9.80 Å². The highest BCUT2D eigenvalue weighted by Gasteiger charge is 2.16. The number of carboxylic acids is 1. The lowest BCUT2D eigenvalue weighted by Crippen LogP contribution is -2.26. The summed E-state index contributed by atoms with van der Waals surface area (Å²) in [4.78, 5) is 23.1.